The van der Waals surface area contributed by atoms with Gasteiger partial charge >= 0.3 is 11.9 Å². The van der Waals surface area contributed by atoms with Crippen LogP contribution in [0, 0.1) is 15.5 Å². The summed E-state index contributed by atoms with van der Waals surface area (Å²) in [5.41, 5.74) is -1.03. The Bertz CT molecular complexity index is 631. The van der Waals surface area contributed by atoms with Crippen LogP contribution in [0.2, 0.25) is 5.02 Å². The van der Waals surface area contributed by atoms with Gasteiger partial charge < -0.3 is 4.74 Å². The molecule has 0 saturated carbocycles. The maximum atomic E-state index is 11.9. The lowest BCUT2D eigenvalue weighted by molar-refractivity contribution is -0.384. The zero-order valence-electron chi connectivity index (χ0n) is 11.8. The van der Waals surface area contributed by atoms with Crippen LogP contribution in [-0.4, -0.2) is 16.9 Å². The van der Waals surface area contributed by atoms with Gasteiger partial charge in [-0.25, -0.2) is 9.59 Å². The number of ether oxygens (including phenoxy) is 1. The van der Waals surface area contributed by atoms with E-state index in [4.69, 9.17) is 11.6 Å². The van der Waals surface area contributed by atoms with Gasteiger partial charge in [-0.3, -0.25) is 10.1 Å². The largest absolute Gasteiger partial charge is 0.386 e. The van der Waals surface area contributed by atoms with Gasteiger partial charge in [-0.05, 0) is 11.5 Å². The number of nitrogens with zero attached hydrogens (tertiary/aromatic N) is 1. The van der Waals surface area contributed by atoms with Crippen molar-refractivity contribution >= 4 is 29.2 Å². The molecular formula is C14H14ClNO5. The molecule has 6 nitrogen and oxygen atoms in total. The van der Waals surface area contributed by atoms with Crippen LogP contribution in [0.1, 0.15) is 31.1 Å². The second kappa shape index (κ2) is 6.05. The van der Waals surface area contributed by atoms with E-state index in [1.165, 1.54) is 6.07 Å². The van der Waals surface area contributed by atoms with Gasteiger partial charge in [0, 0.05) is 17.7 Å². The fraction of sp³-hybridized carbons (Fsp3) is 0.286. The first kappa shape index (κ1) is 16.8. The fourth-order valence-electron chi connectivity index (χ4n) is 1.29. The zero-order chi connectivity index (χ0) is 16.4. The molecule has 0 spiro atoms. The number of non-ortho nitro benzene ring substituents is 1. The number of benzene rings is 1. The molecule has 0 atom stereocenters. The van der Waals surface area contributed by atoms with Crippen molar-refractivity contribution in [3.8, 4) is 0 Å². The second-order valence-corrected chi connectivity index (χ2v) is 5.73. The lowest BCUT2D eigenvalue weighted by atomic mass is 9.88. The van der Waals surface area contributed by atoms with E-state index in [2.05, 4.69) is 11.3 Å². The Morgan fingerprint density at radius 3 is 2.38 bits per heavy atom. The van der Waals surface area contributed by atoms with E-state index >= 15 is 0 Å². The summed E-state index contributed by atoms with van der Waals surface area (Å²) in [6.45, 7) is 8.79. The van der Waals surface area contributed by atoms with E-state index in [9.17, 15) is 19.7 Å². The third-order valence-corrected chi connectivity index (χ3v) is 3.05. The third-order valence-electron chi connectivity index (χ3n) is 2.72. The smallest absolute Gasteiger partial charge is 0.347 e. The number of carbonyl (C=O) groups is 2. The molecule has 0 radical (unpaired) electrons. The number of carbonyl (C=O) groups excluding carboxylic acids is 2. The molecule has 0 aromatic heterocycles. The predicted molar refractivity (Wildman–Crippen MR) is 77.1 cm³/mol. The molecule has 0 aliphatic heterocycles. The maximum absolute atomic E-state index is 11.9. The third kappa shape index (κ3) is 4.13. The molecule has 1 rings (SSSR count). The van der Waals surface area contributed by atoms with E-state index in [-0.39, 0.29) is 21.8 Å². The second-order valence-electron chi connectivity index (χ2n) is 5.33. The van der Waals surface area contributed by atoms with Crippen molar-refractivity contribution in [3.05, 3.63) is 51.1 Å². The first-order valence-corrected chi connectivity index (χ1v) is 6.31. The monoisotopic (exact) mass is 311 g/mol. The SMILES string of the molecule is C=C(C(=O)OC(=O)c1cc([N+](=O)[O-])ccc1Cl)C(C)(C)C. The summed E-state index contributed by atoms with van der Waals surface area (Å²) in [5, 5.41) is 10.6. The molecular weight excluding hydrogens is 298 g/mol. The van der Waals surface area contributed by atoms with Gasteiger partial charge in [-0.15, -0.1) is 0 Å². The standard InChI is InChI=1S/C14H14ClNO5/c1-8(14(2,3)4)12(17)21-13(18)10-7-9(16(19)20)5-6-11(10)15/h5-7H,1H2,2-4H3. The highest BCUT2D eigenvalue weighted by atomic mass is 35.5. The summed E-state index contributed by atoms with van der Waals surface area (Å²) < 4.78 is 4.66. The quantitative estimate of drug-likeness (QED) is 0.280. The van der Waals surface area contributed by atoms with Gasteiger partial charge in [0.15, 0.2) is 0 Å². The minimum Gasteiger partial charge on any atom is -0.386 e. The van der Waals surface area contributed by atoms with Gasteiger partial charge in [0.1, 0.15) is 0 Å². The number of esters is 2. The van der Waals surface area contributed by atoms with Crippen LogP contribution in [-0.2, 0) is 9.53 Å². The first-order valence-electron chi connectivity index (χ1n) is 5.94. The lowest BCUT2D eigenvalue weighted by Gasteiger charge is -2.19. The highest BCUT2D eigenvalue weighted by molar-refractivity contribution is 6.33. The minimum atomic E-state index is -1.06. The van der Waals surface area contributed by atoms with E-state index < -0.39 is 22.3 Å². The molecule has 0 fully saturated rings. The van der Waals surface area contributed by atoms with Crippen LogP contribution in [0.5, 0.6) is 0 Å². The molecule has 0 aliphatic carbocycles. The number of nitro benzene ring substituents is 1. The molecule has 21 heavy (non-hydrogen) atoms. The van der Waals surface area contributed by atoms with Crippen LogP contribution in [0.4, 0.5) is 5.69 Å². The summed E-state index contributed by atoms with van der Waals surface area (Å²) in [7, 11) is 0. The van der Waals surface area contributed by atoms with Gasteiger partial charge in [0.05, 0.1) is 15.5 Å². The predicted octanol–water partition coefficient (Wildman–Crippen LogP) is 3.53. The van der Waals surface area contributed by atoms with Crippen LogP contribution >= 0.6 is 11.6 Å². The van der Waals surface area contributed by atoms with Gasteiger partial charge in [-0.2, -0.15) is 0 Å². The molecule has 1 aromatic carbocycles. The molecule has 112 valence electrons. The van der Waals surface area contributed by atoms with Crippen molar-refractivity contribution in [1.82, 2.24) is 0 Å². The minimum absolute atomic E-state index is 0.0419. The van der Waals surface area contributed by atoms with Gasteiger partial charge in [0.2, 0.25) is 0 Å². The molecule has 1 aromatic rings. The van der Waals surface area contributed by atoms with Crippen molar-refractivity contribution in [2.45, 2.75) is 20.8 Å². The Morgan fingerprint density at radius 2 is 1.90 bits per heavy atom. The van der Waals surface area contributed by atoms with Crippen molar-refractivity contribution in [2.75, 3.05) is 0 Å². The Balaban J connectivity index is 3.00. The van der Waals surface area contributed by atoms with Crippen LogP contribution in [0.3, 0.4) is 0 Å². The molecule has 0 unspecified atom stereocenters. The van der Waals surface area contributed by atoms with E-state index in [0.29, 0.717) is 0 Å². The van der Waals surface area contributed by atoms with Crippen molar-refractivity contribution in [3.63, 3.8) is 0 Å². The van der Waals surface area contributed by atoms with Crippen LogP contribution < -0.4 is 0 Å². The molecule has 0 saturated heterocycles. The average molecular weight is 312 g/mol. The summed E-state index contributed by atoms with van der Waals surface area (Å²) in [5.74, 6) is -1.95. The first-order chi connectivity index (χ1) is 9.54. The molecule has 0 aliphatic rings. The topological polar surface area (TPSA) is 86.5 Å². The Hall–Kier alpha value is -2.21. The Morgan fingerprint density at radius 1 is 1.33 bits per heavy atom. The van der Waals surface area contributed by atoms with Crippen molar-refractivity contribution in [1.29, 1.82) is 0 Å². The summed E-state index contributed by atoms with van der Waals surface area (Å²) in [4.78, 5) is 33.7. The molecule has 0 amide bonds. The Kier molecular flexibility index (Phi) is 4.85. The van der Waals surface area contributed by atoms with Gasteiger partial charge in [0.25, 0.3) is 5.69 Å². The number of hydrogen-bond donors (Lipinski definition) is 0. The summed E-state index contributed by atoms with van der Waals surface area (Å²) in [6.07, 6.45) is 0. The lowest BCUT2D eigenvalue weighted by Crippen LogP contribution is -2.22. The number of rotatable bonds is 3. The molecule has 7 heteroatoms. The van der Waals surface area contributed by atoms with Crippen LogP contribution in [0.15, 0.2) is 30.4 Å². The number of hydrogen-bond acceptors (Lipinski definition) is 5. The number of nitro groups is 1. The Labute approximate surface area is 126 Å². The van der Waals surface area contributed by atoms with E-state index in [0.717, 1.165) is 12.1 Å². The number of halogens is 1. The van der Waals surface area contributed by atoms with Crippen LogP contribution in [0.25, 0.3) is 0 Å². The van der Waals surface area contributed by atoms with Crippen molar-refractivity contribution in [2.24, 2.45) is 5.41 Å². The molecule has 0 N–H and O–H groups in total. The average Bonchev–Trinajstić information content (AvgIpc) is 2.36. The van der Waals surface area contributed by atoms with E-state index in [1.54, 1.807) is 20.8 Å². The van der Waals surface area contributed by atoms with E-state index in [1.807, 2.05) is 0 Å². The van der Waals surface area contributed by atoms with Gasteiger partial charge in [-0.1, -0.05) is 39.0 Å². The fourth-order valence-corrected chi connectivity index (χ4v) is 1.48. The molecule has 0 heterocycles. The summed E-state index contributed by atoms with van der Waals surface area (Å²) in [6, 6.07) is 3.30. The highest BCUT2D eigenvalue weighted by Gasteiger charge is 2.26. The molecule has 0 bridgehead atoms. The normalized spacial score (nSPS) is 10.9. The van der Waals surface area contributed by atoms with Crippen molar-refractivity contribution < 1.29 is 19.2 Å². The highest BCUT2D eigenvalue weighted by Crippen LogP contribution is 2.26. The maximum Gasteiger partial charge on any atom is 0.347 e. The summed E-state index contributed by atoms with van der Waals surface area (Å²) >= 11 is 5.79. The zero-order valence-corrected chi connectivity index (χ0v) is 12.6.